The number of benzene rings is 2. The van der Waals surface area contributed by atoms with Crippen LogP contribution in [0.3, 0.4) is 0 Å². The van der Waals surface area contributed by atoms with E-state index in [9.17, 15) is 5.11 Å². The first-order valence-corrected chi connectivity index (χ1v) is 9.24. The summed E-state index contributed by atoms with van der Waals surface area (Å²) in [6.07, 6.45) is 0.984. The van der Waals surface area contributed by atoms with Crippen molar-refractivity contribution >= 4 is 13.9 Å². The van der Waals surface area contributed by atoms with Gasteiger partial charge >= 0.3 is 0 Å². The molecule has 0 amide bonds. The third kappa shape index (κ3) is 4.16. The number of aliphatic hydroxyl groups is 1. The molecule has 0 radical (unpaired) electrons. The molecule has 130 valence electrons. The van der Waals surface area contributed by atoms with Gasteiger partial charge in [-0.2, -0.15) is 0 Å². The van der Waals surface area contributed by atoms with E-state index < -0.39 is 0 Å². The Kier molecular flexibility index (Phi) is 6.79. The van der Waals surface area contributed by atoms with Gasteiger partial charge in [0.15, 0.2) is 6.79 Å². The van der Waals surface area contributed by atoms with E-state index >= 15 is 0 Å². The number of rotatable bonds is 8. The van der Waals surface area contributed by atoms with Crippen LogP contribution in [0.2, 0.25) is 0 Å². The lowest BCUT2D eigenvalue weighted by Crippen LogP contribution is -2.21. The van der Waals surface area contributed by atoms with Crippen LogP contribution in [-0.4, -0.2) is 19.0 Å². The summed E-state index contributed by atoms with van der Waals surface area (Å²) in [4.78, 5) is 0. The molecule has 0 saturated heterocycles. The summed E-state index contributed by atoms with van der Waals surface area (Å²) in [5.74, 6) is 0.915. The molecule has 2 unspecified atom stereocenters. The second-order valence-corrected chi connectivity index (χ2v) is 8.02. The molecule has 2 rings (SSSR count). The van der Waals surface area contributed by atoms with Crippen molar-refractivity contribution in [3.8, 4) is 5.75 Å². The zero-order valence-electron chi connectivity index (χ0n) is 14.9. The first-order chi connectivity index (χ1) is 11.6. The normalized spacial score (nSPS) is 14.0. The zero-order chi connectivity index (χ0) is 17.6. The van der Waals surface area contributed by atoms with Gasteiger partial charge in [-0.15, -0.1) is 0 Å². The van der Waals surface area contributed by atoms with Gasteiger partial charge in [0.25, 0.3) is 0 Å². The molecule has 0 aliphatic rings. The van der Waals surface area contributed by atoms with Crippen molar-refractivity contribution in [2.75, 3.05) is 13.9 Å². The van der Waals surface area contributed by atoms with Crippen molar-refractivity contribution < 1.29 is 14.6 Å². The molecule has 0 fully saturated rings. The van der Waals surface area contributed by atoms with E-state index in [1.54, 1.807) is 7.11 Å². The molecule has 0 aromatic heterocycles. The van der Waals surface area contributed by atoms with E-state index in [2.05, 4.69) is 45.0 Å². The number of aliphatic hydroxyl groups excluding tert-OH is 1. The summed E-state index contributed by atoms with van der Waals surface area (Å²) in [6, 6.07) is 14.4. The van der Waals surface area contributed by atoms with Crippen molar-refractivity contribution in [2.45, 2.75) is 39.0 Å². The van der Waals surface area contributed by atoms with Gasteiger partial charge in [0, 0.05) is 17.8 Å². The number of para-hydroxylation sites is 1. The fourth-order valence-electron chi connectivity index (χ4n) is 2.82. The molecule has 0 spiro atoms. The molecule has 24 heavy (non-hydrogen) atoms. The standard InChI is InChI=1S/C20H27O3P/c1-5-20(3,24-18-12-7-6-10-16(18)13-21)17-11-8-9-15(2)19(17)23-14-22-4/h6-12,21,24H,5,13-14H2,1-4H3. The monoisotopic (exact) mass is 346 g/mol. The molecule has 1 N–H and O–H groups in total. The summed E-state index contributed by atoms with van der Waals surface area (Å²) in [7, 11) is 2.18. The second-order valence-electron chi connectivity index (χ2n) is 6.13. The number of hydrogen-bond acceptors (Lipinski definition) is 3. The Bertz CT molecular complexity index is 672. The number of methoxy groups -OCH3 is 1. The average molecular weight is 346 g/mol. The maximum absolute atomic E-state index is 9.64. The molecule has 0 bridgehead atoms. The van der Waals surface area contributed by atoms with Crippen molar-refractivity contribution in [1.82, 2.24) is 0 Å². The van der Waals surface area contributed by atoms with E-state index in [0.717, 1.165) is 23.3 Å². The van der Waals surface area contributed by atoms with E-state index in [1.807, 2.05) is 18.2 Å². The minimum Gasteiger partial charge on any atom is -0.467 e. The highest BCUT2D eigenvalue weighted by Crippen LogP contribution is 2.48. The number of aryl methyl sites for hydroxylation is 1. The van der Waals surface area contributed by atoms with Crippen LogP contribution < -0.4 is 10.0 Å². The Labute approximate surface area is 146 Å². The molecule has 4 heteroatoms. The van der Waals surface area contributed by atoms with E-state index in [1.165, 1.54) is 10.9 Å². The first-order valence-electron chi connectivity index (χ1n) is 8.24. The molecule has 0 saturated carbocycles. The largest absolute Gasteiger partial charge is 0.467 e. The van der Waals surface area contributed by atoms with Gasteiger partial charge in [-0.1, -0.05) is 64.9 Å². The number of ether oxygens (including phenoxy) is 2. The summed E-state index contributed by atoms with van der Waals surface area (Å²) < 4.78 is 11.0. The minimum absolute atomic E-state index is 0.0552. The minimum atomic E-state index is -0.0552. The van der Waals surface area contributed by atoms with E-state index in [4.69, 9.17) is 9.47 Å². The van der Waals surface area contributed by atoms with Gasteiger partial charge in [-0.3, -0.25) is 0 Å². The van der Waals surface area contributed by atoms with Crippen molar-refractivity contribution in [3.05, 3.63) is 59.2 Å². The predicted molar refractivity (Wildman–Crippen MR) is 102 cm³/mol. The summed E-state index contributed by atoms with van der Waals surface area (Å²) in [6.45, 7) is 6.86. The van der Waals surface area contributed by atoms with Gasteiger partial charge in [0.2, 0.25) is 0 Å². The Morgan fingerprint density at radius 1 is 1.12 bits per heavy atom. The van der Waals surface area contributed by atoms with Crippen LogP contribution in [0.4, 0.5) is 0 Å². The Hall–Kier alpha value is -1.41. The fourth-order valence-corrected chi connectivity index (χ4v) is 4.43. The van der Waals surface area contributed by atoms with Crippen LogP contribution in [0, 0.1) is 6.92 Å². The van der Waals surface area contributed by atoms with Crippen LogP contribution in [0.1, 0.15) is 37.0 Å². The average Bonchev–Trinajstić information content (AvgIpc) is 2.60. The quantitative estimate of drug-likeness (QED) is 0.578. The van der Waals surface area contributed by atoms with Crippen molar-refractivity contribution in [3.63, 3.8) is 0 Å². The highest BCUT2D eigenvalue weighted by Gasteiger charge is 2.30. The lowest BCUT2D eigenvalue weighted by Gasteiger charge is -2.32. The van der Waals surface area contributed by atoms with Crippen LogP contribution in [-0.2, 0) is 16.5 Å². The van der Waals surface area contributed by atoms with E-state index in [-0.39, 0.29) is 18.6 Å². The Balaban J connectivity index is 2.44. The molecular formula is C20H27O3P. The summed E-state index contributed by atoms with van der Waals surface area (Å²) >= 11 is 0. The SMILES string of the molecule is CCC(C)(Pc1ccccc1CO)c1cccc(C)c1OCOC. The van der Waals surface area contributed by atoms with Crippen LogP contribution in [0.15, 0.2) is 42.5 Å². The van der Waals surface area contributed by atoms with Crippen LogP contribution in [0.5, 0.6) is 5.75 Å². The van der Waals surface area contributed by atoms with Crippen LogP contribution in [0.25, 0.3) is 0 Å². The van der Waals surface area contributed by atoms with Gasteiger partial charge < -0.3 is 14.6 Å². The lowest BCUT2D eigenvalue weighted by molar-refractivity contribution is 0.0495. The third-order valence-electron chi connectivity index (χ3n) is 4.43. The Morgan fingerprint density at radius 3 is 2.54 bits per heavy atom. The van der Waals surface area contributed by atoms with Crippen molar-refractivity contribution in [1.29, 1.82) is 0 Å². The van der Waals surface area contributed by atoms with Gasteiger partial charge in [0.05, 0.1) is 6.61 Å². The fraction of sp³-hybridized carbons (Fsp3) is 0.400. The molecule has 3 nitrogen and oxygen atoms in total. The van der Waals surface area contributed by atoms with Crippen molar-refractivity contribution in [2.24, 2.45) is 0 Å². The highest BCUT2D eigenvalue weighted by molar-refractivity contribution is 7.48. The van der Waals surface area contributed by atoms with Gasteiger partial charge in [-0.05, 0) is 29.8 Å². The maximum atomic E-state index is 9.64. The molecule has 2 atom stereocenters. The summed E-state index contributed by atoms with van der Waals surface area (Å²) in [5.41, 5.74) is 3.32. The van der Waals surface area contributed by atoms with E-state index in [0.29, 0.717) is 8.58 Å². The molecule has 2 aromatic rings. The van der Waals surface area contributed by atoms with Crippen LogP contribution >= 0.6 is 8.58 Å². The molecule has 0 aliphatic carbocycles. The first kappa shape index (κ1) is 18.9. The van der Waals surface area contributed by atoms with Gasteiger partial charge in [-0.25, -0.2) is 0 Å². The summed E-state index contributed by atoms with van der Waals surface area (Å²) in [5, 5.41) is 10.8. The second kappa shape index (κ2) is 8.62. The number of hydrogen-bond donors (Lipinski definition) is 1. The molecular weight excluding hydrogens is 319 g/mol. The predicted octanol–water partition coefficient (Wildman–Crippen LogP) is 4.10. The highest BCUT2D eigenvalue weighted by atomic mass is 31.1. The Morgan fingerprint density at radius 2 is 1.88 bits per heavy atom. The molecule has 0 heterocycles. The zero-order valence-corrected chi connectivity index (χ0v) is 15.9. The molecule has 0 aliphatic heterocycles. The molecule has 2 aromatic carbocycles. The maximum Gasteiger partial charge on any atom is 0.188 e. The lowest BCUT2D eigenvalue weighted by atomic mass is 9.94. The third-order valence-corrected chi connectivity index (χ3v) is 6.36. The van der Waals surface area contributed by atoms with Gasteiger partial charge in [0.1, 0.15) is 5.75 Å². The topological polar surface area (TPSA) is 38.7 Å². The smallest absolute Gasteiger partial charge is 0.188 e.